The van der Waals surface area contributed by atoms with Gasteiger partial charge in [0.15, 0.2) is 6.61 Å². The van der Waals surface area contributed by atoms with Crippen molar-refractivity contribution in [3.05, 3.63) is 22.2 Å². The number of ether oxygens (including phenoxy) is 1. The number of esters is 1. The number of anilines is 1. The van der Waals surface area contributed by atoms with Crippen molar-refractivity contribution in [2.24, 2.45) is 0 Å². The molecule has 134 valence electrons. The molecule has 6 nitrogen and oxygen atoms in total. The number of carbonyl (C=O) groups is 2. The van der Waals surface area contributed by atoms with Gasteiger partial charge in [-0.05, 0) is 38.3 Å². The Morgan fingerprint density at radius 2 is 2.04 bits per heavy atom. The molecule has 0 bridgehead atoms. The second-order valence-electron chi connectivity index (χ2n) is 6.58. The van der Waals surface area contributed by atoms with Crippen LogP contribution in [-0.4, -0.2) is 29.5 Å². The fourth-order valence-corrected chi connectivity index (χ4v) is 4.44. The Morgan fingerprint density at radius 3 is 2.76 bits per heavy atom. The van der Waals surface area contributed by atoms with Gasteiger partial charge in [0.1, 0.15) is 9.71 Å². The second kappa shape index (κ2) is 7.39. The predicted molar refractivity (Wildman–Crippen MR) is 98.8 cm³/mol. The number of hydrogen-bond acceptors (Lipinski definition) is 6. The topological polar surface area (TPSA) is 94.3 Å². The van der Waals surface area contributed by atoms with Crippen LogP contribution in [0, 0.1) is 13.8 Å². The van der Waals surface area contributed by atoms with Gasteiger partial charge >= 0.3 is 5.97 Å². The lowest BCUT2D eigenvalue weighted by Crippen LogP contribution is -2.38. The molecule has 0 spiro atoms. The fraction of sp³-hybridized carbons (Fsp3) is 0.500. The summed E-state index contributed by atoms with van der Waals surface area (Å²) >= 11 is 1.21. The minimum atomic E-state index is -0.573. The number of nitrogens with zero attached hydrogens (tertiary/aromatic N) is 1. The lowest BCUT2D eigenvalue weighted by Gasteiger charge is -2.22. The Morgan fingerprint density at radius 1 is 1.32 bits per heavy atom. The third-order valence-corrected chi connectivity index (χ3v) is 5.59. The highest BCUT2D eigenvalue weighted by Gasteiger charge is 2.22. The van der Waals surface area contributed by atoms with E-state index in [1.807, 2.05) is 19.9 Å². The summed E-state index contributed by atoms with van der Waals surface area (Å²) in [7, 11) is 0. The Balaban J connectivity index is 1.65. The van der Waals surface area contributed by atoms with Crippen LogP contribution in [-0.2, 0) is 9.53 Å². The summed E-state index contributed by atoms with van der Waals surface area (Å²) in [6, 6.07) is 2.13. The number of fused-ring (bicyclic) bond motifs is 1. The van der Waals surface area contributed by atoms with Crippen LogP contribution in [0.15, 0.2) is 6.07 Å². The summed E-state index contributed by atoms with van der Waals surface area (Å²) in [5.41, 5.74) is 8.34. The molecule has 0 aromatic carbocycles. The highest BCUT2D eigenvalue weighted by atomic mass is 32.1. The van der Waals surface area contributed by atoms with Gasteiger partial charge in [0.25, 0.3) is 5.91 Å². The highest BCUT2D eigenvalue weighted by Crippen LogP contribution is 2.35. The van der Waals surface area contributed by atoms with Gasteiger partial charge < -0.3 is 15.8 Å². The van der Waals surface area contributed by atoms with Crippen molar-refractivity contribution in [1.29, 1.82) is 0 Å². The molecule has 3 N–H and O–H groups in total. The molecule has 0 atom stereocenters. The van der Waals surface area contributed by atoms with E-state index in [9.17, 15) is 9.59 Å². The van der Waals surface area contributed by atoms with Crippen molar-refractivity contribution in [3.63, 3.8) is 0 Å². The Labute approximate surface area is 150 Å². The van der Waals surface area contributed by atoms with Gasteiger partial charge in [0, 0.05) is 17.1 Å². The summed E-state index contributed by atoms with van der Waals surface area (Å²) in [5.74, 6) is -0.832. The standard InChI is InChI=1S/C18H23N3O3S/c1-10-8-11(2)20-17-14(10)15(19)16(25-17)18(23)24-9-13(22)21-12-6-4-3-5-7-12/h8,12H,3-7,9,19H2,1-2H3,(H,21,22). The molecule has 1 amide bonds. The summed E-state index contributed by atoms with van der Waals surface area (Å²) in [6.07, 6.45) is 5.48. The zero-order chi connectivity index (χ0) is 18.0. The number of nitrogens with one attached hydrogen (secondary N) is 1. The predicted octanol–water partition coefficient (Wildman–Crippen LogP) is 3.10. The number of hydrogen-bond donors (Lipinski definition) is 2. The maximum atomic E-state index is 12.3. The molecular formula is C18H23N3O3S. The monoisotopic (exact) mass is 361 g/mol. The molecule has 0 aliphatic heterocycles. The summed E-state index contributed by atoms with van der Waals surface area (Å²) in [5, 5.41) is 3.71. The lowest BCUT2D eigenvalue weighted by molar-refractivity contribution is -0.125. The minimum Gasteiger partial charge on any atom is -0.451 e. The van der Waals surface area contributed by atoms with Gasteiger partial charge in [-0.25, -0.2) is 9.78 Å². The maximum Gasteiger partial charge on any atom is 0.351 e. The van der Waals surface area contributed by atoms with E-state index in [1.165, 1.54) is 17.8 Å². The van der Waals surface area contributed by atoms with Crippen LogP contribution in [0.25, 0.3) is 10.2 Å². The Kier molecular flexibility index (Phi) is 5.22. The molecule has 0 radical (unpaired) electrons. The molecular weight excluding hydrogens is 338 g/mol. The van der Waals surface area contributed by atoms with Gasteiger partial charge in [-0.1, -0.05) is 19.3 Å². The molecule has 0 saturated heterocycles. The Hall–Kier alpha value is -2.15. The minimum absolute atomic E-state index is 0.198. The van der Waals surface area contributed by atoms with Crippen molar-refractivity contribution in [3.8, 4) is 0 Å². The number of thiophene rings is 1. The van der Waals surface area contributed by atoms with E-state index < -0.39 is 5.97 Å². The number of nitrogen functional groups attached to an aromatic ring is 1. The first-order valence-electron chi connectivity index (χ1n) is 8.58. The highest BCUT2D eigenvalue weighted by molar-refractivity contribution is 7.21. The number of rotatable bonds is 4. The second-order valence-corrected chi connectivity index (χ2v) is 7.58. The number of pyridine rings is 1. The van der Waals surface area contributed by atoms with Crippen LogP contribution in [0.1, 0.15) is 53.0 Å². The SMILES string of the molecule is Cc1cc(C)c2c(N)c(C(=O)OCC(=O)NC3CCCCC3)sc2n1. The first-order valence-corrected chi connectivity index (χ1v) is 9.40. The number of amides is 1. The number of nitrogens with two attached hydrogens (primary N) is 1. The van der Waals surface area contributed by atoms with Crippen LogP contribution in [0.4, 0.5) is 5.69 Å². The van der Waals surface area contributed by atoms with Crippen molar-refractivity contribution < 1.29 is 14.3 Å². The molecule has 3 rings (SSSR count). The molecule has 2 heterocycles. The average Bonchev–Trinajstić information content (AvgIpc) is 2.90. The van der Waals surface area contributed by atoms with E-state index in [0.717, 1.165) is 42.3 Å². The van der Waals surface area contributed by atoms with E-state index >= 15 is 0 Å². The maximum absolute atomic E-state index is 12.3. The van der Waals surface area contributed by atoms with Crippen molar-refractivity contribution in [2.75, 3.05) is 12.3 Å². The van der Waals surface area contributed by atoms with E-state index in [4.69, 9.17) is 10.5 Å². The summed E-state index contributed by atoms with van der Waals surface area (Å²) < 4.78 is 5.16. The molecule has 2 aromatic rings. The summed E-state index contributed by atoms with van der Waals surface area (Å²) in [4.78, 5) is 29.8. The molecule has 1 fully saturated rings. The van der Waals surface area contributed by atoms with Crippen LogP contribution in [0.2, 0.25) is 0 Å². The molecule has 1 aliphatic rings. The Bertz CT molecular complexity index is 809. The summed E-state index contributed by atoms with van der Waals surface area (Å²) in [6.45, 7) is 3.55. The third kappa shape index (κ3) is 3.92. The third-order valence-electron chi connectivity index (χ3n) is 4.51. The zero-order valence-electron chi connectivity index (χ0n) is 14.6. The van der Waals surface area contributed by atoms with Crippen LogP contribution < -0.4 is 11.1 Å². The molecule has 7 heteroatoms. The smallest absolute Gasteiger partial charge is 0.351 e. The van der Waals surface area contributed by atoms with Gasteiger partial charge in [0.2, 0.25) is 0 Å². The molecule has 2 aromatic heterocycles. The first kappa shape index (κ1) is 17.7. The van der Waals surface area contributed by atoms with Gasteiger partial charge in [-0.15, -0.1) is 11.3 Å². The largest absolute Gasteiger partial charge is 0.451 e. The first-order chi connectivity index (χ1) is 12.0. The molecule has 1 saturated carbocycles. The number of carbonyl (C=O) groups excluding carboxylic acids is 2. The van der Waals surface area contributed by atoms with Gasteiger partial charge in [-0.3, -0.25) is 4.79 Å². The average molecular weight is 361 g/mol. The molecule has 0 unspecified atom stereocenters. The van der Waals surface area contributed by atoms with Crippen molar-refractivity contribution in [2.45, 2.75) is 52.0 Å². The van der Waals surface area contributed by atoms with E-state index in [-0.39, 0.29) is 18.6 Å². The lowest BCUT2D eigenvalue weighted by atomic mass is 9.95. The number of aromatic nitrogens is 1. The zero-order valence-corrected chi connectivity index (χ0v) is 15.4. The van der Waals surface area contributed by atoms with Crippen LogP contribution >= 0.6 is 11.3 Å². The van der Waals surface area contributed by atoms with E-state index in [0.29, 0.717) is 15.4 Å². The van der Waals surface area contributed by atoms with Crippen molar-refractivity contribution in [1.82, 2.24) is 10.3 Å². The van der Waals surface area contributed by atoms with Crippen LogP contribution in [0.3, 0.4) is 0 Å². The van der Waals surface area contributed by atoms with E-state index in [1.54, 1.807) is 0 Å². The molecule has 1 aliphatic carbocycles. The quantitative estimate of drug-likeness (QED) is 0.816. The molecule has 25 heavy (non-hydrogen) atoms. The normalized spacial score (nSPS) is 15.3. The fourth-order valence-electron chi connectivity index (χ4n) is 3.33. The van der Waals surface area contributed by atoms with Crippen LogP contribution in [0.5, 0.6) is 0 Å². The van der Waals surface area contributed by atoms with E-state index in [2.05, 4.69) is 10.3 Å². The van der Waals surface area contributed by atoms with Gasteiger partial charge in [0.05, 0.1) is 5.69 Å². The van der Waals surface area contributed by atoms with Crippen molar-refractivity contribution >= 4 is 39.1 Å². The van der Waals surface area contributed by atoms with Gasteiger partial charge in [-0.2, -0.15) is 0 Å². The number of aryl methyl sites for hydroxylation is 2.